The Hall–Kier alpha value is -3.00. The van der Waals surface area contributed by atoms with E-state index in [1.165, 1.54) is 0 Å². The number of aldehydes is 1. The molecular weight excluding hydrogens is 270 g/mol. The van der Waals surface area contributed by atoms with Gasteiger partial charge in [-0.2, -0.15) is 0 Å². The van der Waals surface area contributed by atoms with E-state index < -0.39 is 0 Å². The van der Waals surface area contributed by atoms with Crippen molar-refractivity contribution in [2.45, 2.75) is 0 Å². The normalized spacial score (nSPS) is 10.7. The van der Waals surface area contributed by atoms with E-state index in [1.807, 2.05) is 54.7 Å². The number of nitrogens with zero attached hydrogens (tertiary/aromatic N) is 1. The predicted molar refractivity (Wildman–Crippen MR) is 90.4 cm³/mol. The zero-order chi connectivity index (χ0) is 15.2. The van der Waals surface area contributed by atoms with Crippen LogP contribution in [0.3, 0.4) is 0 Å². The lowest BCUT2D eigenvalue weighted by Gasteiger charge is -2.01. The second-order valence-corrected chi connectivity index (χ2v) is 4.96. The summed E-state index contributed by atoms with van der Waals surface area (Å²) in [6, 6.07) is 21.7. The van der Waals surface area contributed by atoms with Gasteiger partial charge in [-0.3, -0.25) is 9.78 Å². The highest BCUT2D eigenvalue weighted by Crippen LogP contribution is 2.18. The molecule has 2 heteroatoms. The number of carbonyl (C=O) groups is 1. The lowest BCUT2D eigenvalue weighted by atomic mass is 10.1. The van der Waals surface area contributed by atoms with E-state index in [9.17, 15) is 4.79 Å². The van der Waals surface area contributed by atoms with Gasteiger partial charge in [0.25, 0.3) is 0 Å². The summed E-state index contributed by atoms with van der Waals surface area (Å²) in [5, 5.41) is 0. The topological polar surface area (TPSA) is 30.0 Å². The van der Waals surface area contributed by atoms with Gasteiger partial charge < -0.3 is 0 Å². The van der Waals surface area contributed by atoms with Gasteiger partial charge in [0, 0.05) is 17.3 Å². The first-order valence-corrected chi connectivity index (χ1v) is 7.10. The number of hydrogen-bond donors (Lipinski definition) is 0. The number of aromatic nitrogens is 1. The average molecular weight is 285 g/mol. The number of rotatable bonds is 4. The quantitative estimate of drug-likeness (QED) is 0.648. The van der Waals surface area contributed by atoms with Gasteiger partial charge in [0.15, 0.2) is 0 Å². The third kappa shape index (κ3) is 3.36. The van der Waals surface area contributed by atoms with Gasteiger partial charge in [-0.1, -0.05) is 66.7 Å². The van der Waals surface area contributed by atoms with E-state index in [-0.39, 0.29) is 0 Å². The summed E-state index contributed by atoms with van der Waals surface area (Å²) >= 11 is 0. The summed E-state index contributed by atoms with van der Waals surface area (Å²) in [4.78, 5) is 15.1. The molecule has 1 aromatic heterocycles. The molecule has 1 heterocycles. The van der Waals surface area contributed by atoms with Crippen LogP contribution < -0.4 is 0 Å². The van der Waals surface area contributed by atoms with Gasteiger partial charge in [-0.05, 0) is 23.3 Å². The van der Waals surface area contributed by atoms with Crippen molar-refractivity contribution >= 4 is 18.4 Å². The van der Waals surface area contributed by atoms with E-state index in [1.54, 1.807) is 12.1 Å². The van der Waals surface area contributed by atoms with Crippen LogP contribution in [0, 0.1) is 0 Å². The van der Waals surface area contributed by atoms with E-state index in [4.69, 9.17) is 0 Å². The minimum absolute atomic E-state index is 0.683. The summed E-state index contributed by atoms with van der Waals surface area (Å²) in [7, 11) is 0. The molecule has 106 valence electrons. The van der Waals surface area contributed by atoms with Gasteiger partial charge in [-0.15, -0.1) is 0 Å². The first-order valence-electron chi connectivity index (χ1n) is 7.10. The van der Waals surface area contributed by atoms with Crippen molar-refractivity contribution in [2.75, 3.05) is 0 Å². The Bertz CT molecular complexity index is 772. The van der Waals surface area contributed by atoms with Crippen molar-refractivity contribution in [3.63, 3.8) is 0 Å². The standard InChI is InChI=1S/C20H15NO/c22-15-17-8-6-16(7-9-17)10-12-20-13-11-19(14-21-20)18-4-2-1-3-5-18/h1-15H/b12-10-. The second-order valence-electron chi connectivity index (χ2n) is 4.96. The highest BCUT2D eigenvalue weighted by Gasteiger charge is 1.97. The van der Waals surface area contributed by atoms with Gasteiger partial charge in [0.1, 0.15) is 6.29 Å². The molecule has 0 radical (unpaired) electrons. The number of pyridine rings is 1. The largest absolute Gasteiger partial charge is 0.298 e. The molecule has 2 nitrogen and oxygen atoms in total. The van der Waals surface area contributed by atoms with Crippen molar-refractivity contribution in [2.24, 2.45) is 0 Å². The highest BCUT2D eigenvalue weighted by atomic mass is 16.1. The Morgan fingerprint density at radius 1 is 0.682 bits per heavy atom. The molecule has 0 aliphatic rings. The summed E-state index contributed by atoms with van der Waals surface area (Å²) in [6.45, 7) is 0. The average Bonchev–Trinajstić information content (AvgIpc) is 2.61. The second kappa shape index (κ2) is 6.64. The molecule has 0 aliphatic heterocycles. The summed E-state index contributed by atoms with van der Waals surface area (Å²) in [5.41, 5.74) is 4.89. The Morgan fingerprint density at radius 3 is 2.05 bits per heavy atom. The van der Waals surface area contributed by atoms with Crippen LogP contribution in [0.2, 0.25) is 0 Å². The SMILES string of the molecule is O=Cc1ccc(/C=C\c2ccc(-c3ccccc3)cn2)cc1. The van der Waals surface area contributed by atoms with Crippen LogP contribution in [0.4, 0.5) is 0 Å². The molecule has 0 spiro atoms. The zero-order valence-electron chi connectivity index (χ0n) is 12.0. The van der Waals surface area contributed by atoms with Crippen molar-refractivity contribution in [3.8, 4) is 11.1 Å². The Morgan fingerprint density at radius 2 is 1.41 bits per heavy atom. The molecule has 0 N–H and O–H groups in total. The van der Waals surface area contributed by atoms with E-state index >= 15 is 0 Å². The fourth-order valence-electron chi connectivity index (χ4n) is 2.17. The molecule has 0 saturated heterocycles. The molecule has 0 amide bonds. The molecule has 3 rings (SSSR count). The van der Waals surface area contributed by atoms with Gasteiger partial charge >= 0.3 is 0 Å². The van der Waals surface area contributed by atoms with E-state index in [2.05, 4.69) is 23.2 Å². The molecule has 0 bridgehead atoms. The van der Waals surface area contributed by atoms with Crippen LogP contribution in [0.1, 0.15) is 21.6 Å². The monoisotopic (exact) mass is 285 g/mol. The molecule has 3 aromatic rings. The van der Waals surface area contributed by atoms with E-state index in [0.29, 0.717) is 5.56 Å². The van der Waals surface area contributed by atoms with Crippen LogP contribution in [-0.4, -0.2) is 11.3 Å². The molecule has 0 aliphatic carbocycles. The van der Waals surface area contributed by atoms with Crippen LogP contribution >= 0.6 is 0 Å². The van der Waals surface area contributed by atoms with Crippen LogP contribution in [0.25, 0.3) is 23.3 Å². The van der Waals surface area contributed by atoms with Crippen LogP contribution in [-0.2, 0) is 0 Å². The smallest absolute Gasteiger partial charge is 0.150 e. The number of benzene rings is 2. The maximum atomic E-state index is 10.6. The minimum Gasteiger partial charge on any atom is -0.298 e. The van der Waals surface area contributed by atoms with Crippen LogP contribution in [0.5, 0.6) is 0 Å². The van der Waals surface area contributed by atoms with E-state index in [0.717, 1.165) is 28.7 Å². The first-order chi connectivity index (χ1) is 10.8. The fraction of sp³-hybridized carbons (Fsp3) is 0. The third-order valence-corrected chi connectivity index (χ3v) is 3.41. The lowest BCUT2D eigenvalue weighted by Crippen LogP contribution is -1.83. The first kappa shape index (κ1) is 14.0. The van der Waals surface area contributed by atoms with Crippen LogP contribution in [0.15, 0.2) is 72.9 Å². The maximum Gasteiger partial charge on any atom is 0.150 e. The number of carbonyl (C=O) groups excluding carboxylic acids is 1. The highest BCUT2D eigenvalue weighted by molar-refractivity contribution is 5.76. The zero-order valence-corrected chi connectivity index (χ0v) is 12.0. The summed E-state index contributed by atoms with van der Waals surface area (Å²) in [6.07, 6.45) is 6.67. The molecule has 0 fully saturated rings. The minimum atomic E-state index is 0.683. The molecule has 2 aromatic carbocycles. The predicted octanol–water partition coefficient (Wildman–Crippen LogP) is 4.73. The molecule has 0 unspecified atom stereocenters. The van der Waals surface area contributed by atoms with Crippen molar-refractivity contribution in [3.05, 3.63) is 89.7 Å². The lowest BCUT2D eigenvalue weighted by molar-refractivity contribution is 0.112. The Labute approximate surface area is 129 Å². The maximum absolute atomic E-state index is 10.6. The fourth-order valence-corrected chi connectivity index (χ4v) is 2.17. The van der Waals surface area contributed by atoms with Gasteiger partial charge in [0.05, 0.1) is 5.69 Å². The molecule has 22 heavy (non-hydrogen) atoms. The Balaban J connectivity index is 1.75. The van der Waals surface area contributed by atoms with Gasteiger partial charge in [0.2, 0.25) is 0 Å². The molecule has 0 saturated carbocycles. The van der Waals surface area contributed by atoms with Gasteiger partial charge in [-0.25, -0.2) is 0 Å². The van der Waals surface area contributed by atoms with Crippen molar-refractivity contribution < 1.29 is 4.79 Å². The summed E-state index contributed by atoms with van der Waals surface area (Å²) < 4.78 is 0. The summed E-state index contributed by atoms with van der Waals surface area (Å²) in [5.74, 6) is 0. The molecular formula is C20H15NO. The third-order valence-electron chi connectivity index (χ3n) is 3.41. The van der Waals surface area contributed by atoms with Crippen molar-refractivity contribution in [1.82, 2.24) is 4.98 Å². The van der Waals surface area contributed by atoms with Crippen molar-refractivity contribution in [1.29, 1.82) is 0 Å². The Kier molecular flexibility index (Phi) is 4.21. The number of hydrogen-bond acceptors (Lipinski definition) is 2. The molecule has 0 atom stereocenters.